The van der Waals surface area contributed by atoms with Crippen molar-refractivity contribution in [2.45, 2.75) is 45.7 Å². The molecule has 2 aromatic rings. The van der Waals surface area contributed by atoms with E-state index in [4.69, 9.17) is 0 Å². The van der Waals surface area contributed by atoms with Gasteiger partial charge in [0, 0.05) is 43.2 Å². The Morgan fingerprint density at radius 3 is 2.71 bits per heavy atom. The van der Waals surface area contributed by atoms with Crippen molar-refractivity contribution in [3.63, 3.8) is 0 Å². The first kappa shape index (κ1) is 20.4. The maximum absolute atomic E-state index is 12.3. The molecule has 0 radical (unpaired) electrons. The van der Waals surface area contributed by atoms with Gasteiger partial charge in [-0.25, -0.2) is 4.98 Å². The highest BCUT2D eigenvalue weighted by Crippen LogP contribution is 2.17. The maximum Gasteiger partial charge on any atom is 0.228 e. The number of rotatable bonds is 7. The Labute approximate surface area is 169 Å². The van der Waals surface area contributed by atoms with Gasteiger partial charge < -0.3 is 10.6 Å². The molecule has 3 heterocycles. The number of thiazole rings is 1. The summed E-state index contributed by atoms with van der Waals surface area (Å²) >= 11 is 1.35. The van der Waals surface area contributed by atoms with Crippen molar-refractivity contribution in [2.24, 2.45) is 5.92 Å². The van der Waals surface area contributed by atoms with Gasteiger partial charge in [-0.2, -0.15) is 0 Å². The molecule has 1 aliphatic heterocycles. The lowest BCUT2D eigenvalue weighted by Crippen LogP contribution is -2.44. The van der Waals surface area contributed by atoms with Gasteiger partial charge in [-0.05, 0) is 25.0 Å². The van der Waals surface area contributed by atoms with E-state index in [1.165, 1.54) is 11.3 Å². The molecular formula is C20H27N5O2S. The first-order chi connectivity index (χ1) is 13.5. The third-order valence-electron chi connectivity index (χ3n) is 4.71. The number of carbonyl (C=O) groups excluding carboxylic acids is 2. The van der Waals surface area contributed by atoms with Gasteiger partial charge in [-0.1, -0.05) is 19.9 Å². The van der Waals surface area contributed by atoms with Crippen molar-refractivity contribution in [1.82, 2.24) is 20.2 Å². The predicted octanol–water partition coefficient (Wildman–Crippen LogP) is 2.46. The molecule has 0 unspecified atom stereocenters. The average Bonchev–Trinajstić information content (AvgIpc) is 3.10. The second kappa shape index (κ2) is 9.75. The minimum atomic E-state index is -0.0980. The van der Waals surface area contributed by atoms with Crippen LogP contribution in [-0.2, 0) is 22.6 Å². The number of pyridine rings is 1. The van der Waals surface area contributed by atoms with E-state index in [1.807, 2.05) is 43.6 Å². The molecule has 7 nitrogen and oxygen atoms in total. The van der Waals surface area contributed by atoms with E-state index in [1.54, 1.807) is 0 Å². The molecule has 0 bridgehead atoms. The number of nitrogens with zero attached hydrogens (tertiary/aromatic N) is 3. The number of nitrogens with one attached hydrogen (secondary N) is 2. The van der Waals surface area contributed by atoms with E-state index in [0.29, 0.717) is 10.8 Å². The van der Waals surface area contributed by atoms with Crippen molar-refractivity contribution in [2.75, 3.05) is 18.4 Å². The standard InChI is InChI=1S/C20H27N5O2S/c1-14(2)19(27)24-20-23-17(13-28-20)11-18(26)22-15-6-9-25(10-7-15)12-16-5-3-4-8-21-16/h3-5,8,13-15H,6-7,9-12H2,1-2H3,(H,22,26)(H,23,24,27). The molecule has 0 saturated carbocycles. The molecule has 150 valence electrons. The topological polar surface area (TPSA) is 87.2 Å². The smallest absolute Gasteiger partial charge is 0.228 e. The summed E-state index contributed by atoms with van der Waals surface area (Å²) in [6.45, 7) is 6.41. The second-order valence-corrected chi connectivity index (χ2v) is 8.26. The SMILES string of the molecule is CC(C)C(=O)Nc1nc(CC(=O)NC2CCN(Cc3ccccn3)CC2)cs1. The largest absolute Gasteiger partial charge is 0.353 e. The Bertz CT molecular complexity index is 785. The molecule has 1 fully saturated rings. The van der Waals surface area contributed by atoms with Crippen LogP contribution in [0.15, 0.2) is 29.8 Å². The number of anilines is 1. The van der Waals surface area contributed by atoms with E-state index in [2.05, 4.69) is 25.5 Å². The van der Waals surface area contributed by atoms with Gasteiger partial charge in [0.15, 0.2) is 5.13 Å². The number of piperidine rings is 1. The third-order valence-corrected chi connectivity index (χ3v) is 5.52. The Balaban J connectivity index is 1.40. The van der Waals surface area contributed by atoms with E-state index >= 15 is 0 Å². The number of amides is 2. The average molecular weight is 402 g/mol. The monoisotopic (exact) mass is 401 g/mol. The van der Waals surface area contributed by atoms with Gasteiger partial charge in [-0.3, -0.25) is 19.5 Å². The number of hydrogen-bond acceptors (Lipinski definition) is 6. The zero-order chi connectivity index (χ0) is 19.9. The fraction of sp³-hybridized carbons (Fsp3) is 0.500. The minimum Gasteiger partial charge on any atom is -0.353 e. The lowest BCUT2D eigenvalue weighted by molar-refractivity contribution is -0.121. The summed E-state index contributed by atoms with van der Waals surface area (Å²) in [4.78, 5) is 35.1. The normalized spacial score (nSPS) is 15.5. The quantitative estimate of drug-likeness (QED) is 0.744. The van der Waals surface area contributed by atoms with Crippen LogP contribution in [0.25, 0.3) is 0 Å². The second-order valence-electron chi connectivity index (χ2n) is 7.40. The summed E-state index contributed by atoms with van der Waals surface area (Å²) in [5.74, 6) is -0.183. The number of carbonyl (C=O) groups is 2. The van der Waals surface area contributed by atoms with Gasteiger partial charge in [0.25, 0.3) is 0 Å². The zero-order valence-electron chi connectivity index (χ0n) is 16.4. The zero-order valence-corrected chi connectivity index (χ0v) is 17.2. The van der Waals surface area contributed by atoms with E-state index in [0.717, 1.165) is 38.2 Å². The Kier molecular flexibility index (Phi) is 7.11. The molecule has 2 amide bonds. The van der Waals surface area contributed by atoms with Crippen LogP contribution in [0.3, 0.4) is 0 Å². The number of likely N-dealkylation sites (tertiary alicyclic amines) is 1. The van der Waals surface area contributed by atoms with Gasteiger partial charge in [0.05, 0.1) is 17.8 Å². The molecule has 28 heavy (non-hydrogen) atoms. The van der Waals surface area contributed by atoms with Gasteiger partial charge in [0.2, 0.25) is 11.8 Å². The van der Waals surface area contributed by atoms with Crippen molar-refractivity contribution < 1.29 is 9.59 Å². The van der Waals surface area contributed by atoms with Gasteiger partial charge in [0.1, 0.15) is 0 Å². The highest BCUT2D eigenvalue weighted by molar-refractivity contribution is 7.13. The maximum atomic E-state index is 12.3. The molecule has 3 rings (SSSR count). The molecule has 0 aromatic carbocycles. The Morgan fingerprint density at radius 1 is 1.25 bits per heavy atom. The first-order valence-corrected chi connectivity index (χ1v) is 10.5. The van der Waals surface area contributed by atoms with Crippen molar-refractivity contribution in [3.8, 4) is 0 Å². The molecular weight excluding hydrogens is 374 g/mol. The molecule has 8 heteroatoms. The van der Waals surface area contributed by atoms with Crippen LogP contribution < -0.4 is 10.6 Å². The minimum absolute atomic E-state index is 0.0183. The van der Waals surface area contributed by atoms with Crippen molar-refractivity contribution in [1.29, 1.82) is 0 Å². The summed E-state index contributed by atoms with van der Waals surface area (Å²) in [5, 5.41) is 8.25. The first-order valence-electron chi connectivity index (χ1n) is 9.66. The van der Waals surface area contributed by atoms with Crippen LogP contribution >= 0.6 is 11.3 Å². The van der Waals surface area contributed by atoms with E-state index in [9.17, 15) is 9.59 Å². The molecule has 0 spiro atoms. The molecule has 0 aliphatic carbocycles. The number of hydrogen-bond donors (Lipinski definition) is 2. The highest BCUT2D eigenvalue weighted by atomic mass is 32.1. The summed E-state index contributed by atoms with van der Waals surface area (Å²) in [6.07, 6.45) is 3.93. The van der Waals surface area contributed by atoms with E-state index < -0.39 is 0 Å². The van der Waals surface area contributed by atoms with E-state index in [-0.39, 0.29) is 30.2 Å². The predicted molar refractivity (Wildman–Crippen MR) is 110 cm³/mol. The molecule has 2 N–H and O–H groups in total. The summed E-state index contributed by atoms with van der Waals surface area (Å²) in [6, 6.07) is 6.17. The fourth-order valence-electron chi connectivity index (χ4n) is 3.09. The number of aromatic nitrogens is 2. The molecule has 1 aliphatic rings. The Morgan fingerprint density at radius 2 is 2.04 bits per heavy atom. The van der Waals surface area contributed by atoms with Gasteiger partial charge >= 0.3 is 0 Å². The molecule has 1 saturated heterocycles. The van der Waals surface area contributed by atoms with Crippen LogP contribution in [0.2, 0.25) is 0 Å². The van der Waals surface area contributed by atoms with Crippen LogP contribution in [0.1, 0.15) is 38.1 Å². The summed E-state index contributed by atoms with van der Waals surface area (Å²) in [7, 11) is 0. The summed E-state index contributed by atoms with van der Waals surface area (Å²) in [5.41, 5.74) is 1.77. The van der Waals surface area contributed by atoms with Crippen LogP contribution in [-0.4, -0.2) is 45.8 Å². The van der Waals surface area contributed by atoms with Crippen molar-refractivity contribution in [3.05, 3.63) is 41.2 Å². The fourth-order valence-corrected chi connectivity index (χ4v) is 3.81. The Hall–Kier alpha value is -2.32. The van der Waals surface area contributed by atoms with Gasteiger partial charge in [-0.15, -0.1) is 11.3 Å². The third kappa shape index (κ3) is 6.10. The molecule has 0 atom stereocenters. The highest BCUT2D eigenvalue weighted by Gasteiger charge is 2.21. The van der Waals surface area contributed by atoms with Crippen LogP contribution in [0, 0.1) is 5.92 Å². The molecule has 2 aromatic heterocycles. The lowest BCUT2D eigenvalue weighted by atomic mass is 10.0. The van der Waals surface area contributed by atoms with Crippen LogP contribution in [0.4, 0.5) is 5.13 Å². The van der Waals surface area contributed by atoms with Crippen molar-refractivity contribution >= 4 is 28.3 Å². The lowest BCUT2D eigenvalue weighted by Gasteiger charge is -2.32. The van der Waals surface area contributed by atoms with Crippen LogP contribution in [0.5, 0.6) is 0 Å². The summed E-state index contributed by atoms with van der Waals surface area (Å²) < 4.78 is 0.